The normalized spacial score (nSPS) is 23.3. The largest absolute Gasteiger partial charge is 0.416 e. The van der Waals surface area contributed by atoms with Gasteiger partial charge in [-0.05, 0) is 30.5 Å². The second-order valence-electron chi connectivity index (χ2n) is 6.21. The topological polar surface area (TPSA) is 20.3 Å². The van der Waals surface area contributed by atoms with Crippen molar-refractivity contribution in [3.05, 3.63) is 35.4 Å². The van der Waals surface area contributed by atoms with E-state index in [4.69, 9.17) is 0 Å². The molecule has 0 unspecified atom stereocenters. The number of benzene rings is 1. The number of hydrogen-bond acceptors (Lipinski definition) is 2. The fourth-order valence-electron chi connectivity index (χ4n) is 3.42. The zero-order valence-electron chi connectivity index (χ0n) is 12.8. The molecule has 0 spiro atoms. The fraction of sp³-hybridized carbons (Fsp3) is 0.588. The number of carbonyl (C=O) groups excluding carboxylic acids is 1. The van der Waals surface area contributed by atoms with Gasteiger partial charge >= 0.3 is 6.18 Å². The molecule has 1 saturated carbocycles. The Balaban J connectivity index is 1.80. The van der Waals surface area contributed by atoms with Gasteiger partial charge in [0.1, 0.15) is 5.37 Å². The Kier molecular flexibility index (Phi) is 4.90. The van der Waals surface area contributed by atoms with Crippen LogP contribution in [-0.4, -0.2) is 23.1 Å². The minimum atomic E-state index is -4.35. The molecule has 2 aliphatic rings. The van der Waals surface area contributed by atoms with Crippen molar-refractivity contribution < 1.29 is 18.0 Å². The third-order valence-electron chi connectivity index (χ3n) is 4.63. The summed E-state index contributed by atoms with van der Waals surface area (Å²) in [6.45, 7) is 0.626. The molecule has 1 aromatic rings. The van der Waals surface area contributed by atoms with E-state index in [0.717, 1.165) is 37.5 Å². The van der Waals surface area contributed by atoms with E-state index in [-0.39, 0.29) is 17.2 Å². The molecular weight excluding hydrogens is 323 g/mol. The lowest BCUT2D eigenvalue weighted by Crippen LogP contribution is -2.36. The van der Waals surface area contributed by atoms with E-state index in [1.807, 2.05) is 0 Å². The number of carbonyl (C=O) groups is 1. The minimum Gasteiger partial charge on any atom is -0.325 e. The van der Waals surface area contributed by atoms with Crippen LogP contribution >= 0.6 is 11.8 Å². The van der Waals surface area contributed by atoms with Crippen molar-refractivity contribution >= 4 is 17.7 Å². The highest BCUT2D eigenvalue weighted by molar-refractivity contribution is 7.99. The van der Waals surface area contributed by atoms with Gasteiger partial charge in [0, 0.05) is 18.2 Å². The molecule has 2 fully saturated rings. The number of halogens is 3. The average Bonchev–Trinajstić information content (AvgIpc) is 3.04. The van der Waals surface area contributed by atoms with Gasteiger partial charge in [-0.2, -0.15) is 13.2 Å². The van der Waals surface area contributed by atoms with Gasteiger partial charge in [0.2, 0.25) is 5.91 Å². The quantitative estimate of drug-likeness (QED) is 0.764. The van der Waals surface area contributed by atoms with Crippen molar-refractivity contribution in [3.63, 3.8) is 0 Å². The number of alkyl halides is 3. The summed E-state index contributed by atoms with van der Waals surface area (Å²) in [5.74, 6) is 0.951. The molecule has 0 N–H and O–H groups in total. The molecule has 1 amide bonds. The van der Waals surface area contributed by atoms with Crippen LogP contribution in [0.2, 0.25) is 0 Å². The Hall–Kier alpha value is -1.17. The first-order valence-electron chi connectivity index (χ1n) is 8.06. The molecule has 0 aromatic heterocycles. The van der Waals surface area contributed by atoms with Crippen LogP contribution in [0.5, 0.6) is 0 Å². The summed E-state index contributed by atoms with van der Waals surface area (Å²) < 4.78 is 38.7. The van der Waals surface area contributed by atoms with E-state index in [1.165, 1.54) is 18.6 Å². The molecule has 6 heteroatoms. The molecular formula is C17H20F3NOS. The van der Waals surface area contributed by atoms with Crippen molar-refractivity contribution in [2.24, 2.45) is 5.92 Å². The van der Waals surface area contributed by atoms with Crippen LogP contribution < -0.4 is 0 Å². The summed E-state index contributed by atoms with van der Waals surface area (Å²) in [7, 11) is 0. The summed E-state index contributed by atoms with van der Waals surface area (Å²) in [5, 5.41) is -0.285. The number of nitrogens with zero attached hydrogens (tertiary/aromatic N) is 1. The first-order chi connectivity index (χ1) is 11.0. The Morgan fingerprint density at radius 3 is 2.61 bits per heavy atom. The molecule has 1 aliphatic carbocycles. The van der Waals surface area contributed by atoms with Gasteiger partial charge in [0.25, 0.3) is 0 Å². The van der Waals surface area contributed by atoms with E-state index in [0.29, 0.717) is 12.1 Å². The van der Waals surface area contributed by atoms with E-state index in [1.54, 1.807) is 22.7 Å². The summed E-state index contributed by atoms with van der Waals surface area (Å²) in [4.78, 5) is 14.5. The van der Waals surface area contributed by atoms with Crippen molar-refractivity contribution in [1.29, 1.82) is 0 Å². The first-order valence-corrected chi connectivity index (χ1v) is 9.11. The second-order valence-corrected chi connectivity index (χ2v) is 7.40. The number of rotatable bonds is 2. The molecule has 0 radical (unpaired) electrons. The highest BCUT2D eigenvalue weighted by atomic mass is 32.2. The lowest BCUT2D eigenvalue weighted by molar-refractivity contribution is -0.137. The van der Waals surface area contributed by atoms with Gasteiger partial charge in [-0.25, -0.2) is 0 Å². The molecule has 3 rings (SSSR count). The molecule has 2 nitrogen and oxygen atoms in total. The van der Waals surface area contributed by atoms with Crippen LogP contribution in [0.1, 0.15) is 48.6 Å². The lowest BCUT2D eigenvalue weighted by atomic mass is 9.88. The SMILES string of the molecule is O=C(C1CCCCC1)N1CCS[C@H]1c1cccc(C(F)(F)F)c1. The molecule has 1 saturated heterocycles. The molecule has 0 bridgehead atoms. The van der Waals surface area contributed by atoms with E-state index in [9.17, 15) is 18.0 Å². The van der Waals surface area contributed by atoms with E-state index in [2.05, 4.69) is 0 Å². The zero-order chi connectivity index (χ0) is 16.4. The third-order valence-corrected chi connectivity index (χ3v) is 5.89. The highest BCUT2D eigenvalue weighted by Crippen LogP contribution is 2.41. The molecule has 1 heterocycles. The maximum atomic E-state index is 12.9. The number of thioether (sulfide) groups is 1. The van der Waals surface area contributed by atoms with Crippen LogP contribution in [0.15, 0.2) is 24.3 Å². The molecule has 23 heavy (non-hydrogen) atoms. The van der Waals surface area contributed by atoms with Gasteiger partial charge in [-0.15, -0.1) is 11.8 Å². The summed E-state index contributed by atoms with van der Waals surface area (Å²) >= 11 is 1.55. The van der Waals surface area contributed by atoms with Crippen LogP contribution in [0.3, 0.4) is 0 Å². The second kappa shape index (κ2) is 6.75. The highest BCUT2D eigenvalue weighted by Gasteiger charge is 2.36. The molecule has 126 valence electrons. The first kappa shape index (κ1) is 16.7. The minimum absolute atomic E-state index is 0.0516. The van der Waals surface area contributed by atoms with Crippen molar-refractivity contribution in [2.45, 2.75) is 43.7 Å². The van der Waals surface area contributed by atoms with Crippen LogP contribution in [0.25, 0.3) is 0 Å². The maximum Gasteiger partial charge on any atom is 0.416 e. The fourth-order valence-corrected chi connectivity index (χ4v) is 4.68. The van der Waals surface area contributed by atoms with Crippen molar-refractivity contribution in [3.8, 4) is 0 Å². The smallest absolute Gasteiger partial charge is 0.325 e. The van der Waals surface area contributed by atoms with Gasteiger partial charge < -0.3 is 4.90 Å². The lowest BCUT2D eigenvalue weighted by Gasteiger charge is -2.30. The average molecular weight is 343 g/mol. The predicted molar refractivity (Wildman–Crippen MR) is 84.9 cm³/mol. The summed E-state index contributed by atoms with van der Waals surface area (Å²) in [6.07, 6.45) is 0.801. The number of amides is 1. The standard InChI is InChI=1S/C17H20F3NOS/c18-17(19,20)14-8-4-7-13(11-14)16-21(9-10-23-16)15(22)12-5-2-1-3-6-12/h4,7-8,11-12,16H,1-3,5-6,9-10H2/t16-/m0/s1. The van der Waals surface area contributed by atoms with Gasteiger partial charge in [-0.1, -0.05) is 31.4 Å². The van der Waals surface area contributed by atoms with Gasteiger partial charge in [0.05, 0.1) is 5.56 Å². The maximum absolute atomic E-state index is 12.9. The van der Waals surface area contributed by atoms with Gasteiger partial charge in [0.15, 0.2) is 0 Å². The van der Waals surface area contributed by atoms with E-state index < -0.39 is 11.7 Å². The molecule has 1 aliphatic heterocycles. The summed E-state index contributed by atoms with van der Waals surface area (Å²) in [5.41, 5.74) is -0.0703. The third kappa shape index (κ3) is 3.67. The van der Waals surface area contributed by atoms with Crippen molar-refractivity contribution in [2.75, 3.05) is 12.3 Å². The zero-order valence-corrected chi connectivity index (χ0v) is 13.6. The van der Waals surface area contributed by atoms with Crippen LogP contribution in [-0.2, 0) is 11.0 Å². The summed E-state index contributed by atoms with van der Waals surface area (Å²) in [6, 6.07) is 5.39. The Bertz CT molecular complexity index is 569. The number of hydrogen-bond donors (Lipinski definition) is 0. The Morgan fingerprint density at radius 2 is 1.91 bits per heavy atom. The Morgan fingerprint density at radius 1 is 1.17 bits per heavy atom. The Labute approximate surface area is 138 Å². The molecule has 1 atom stereocenters. The predicted octanol–water partition coefficient (Wildman–Crippen LogP) is 4.86. The van der Waals surface area contributed by atoms with Crippen LogP contribution in [0, 0.1) is 5.92 Å². The van der Waals surface area contributed by atoms with E-state index >= 15 is 0 Å². The molecule has 1 aromatic carbocycles. The monoisotopic (exact) mass is 343 g/mol. The van der Waals surface area contributed by atoms with Gasteiger partial charge in [-0.3, -0.25) is 4.79 Å². The van der Waals surface area contributed by atoms with Crippen LogP contribution in [0.4, 0.5) is 13.2 Å². The van der Waals surface area contributed by atoms with Crippen molar-refractivity contribution in [1.82, 2.24) is 4.90 Å².